The van der Waals surface area contributed by atoms with Crippen LogP contribution in [0.4, 0.5) is 5.95 Å². The summed E-state index contributed by atoms with van der Waals surface area (Å²) < 4.78 is 7.43. The second-order valence-corrected chi connectivity index (χ2v) is 4.38. The molecule has 0 fully saturated rings. The van der Waals surface area contributed by atoms with E-state index in [0.717, 1.165) is 17.7 Å². The highest BCUT2D eigenvalue weighted by molar-refractivity contribution is 5.73. The van der Waals surface area contributed by atoms with Crippen LogP contribution in [0.2, 0.25) is 0 Å². The molecule has 0 radical (unpaired) electrons. The molecule has 2 N–H and O–H groups in total. The molecular weight excluding hydrogens is 230 g/mol. The zero-order valence-electron chi connectivity index (χ0n) is 10.8. The highest BCUT2D eigenvalue weighted by atomic mass is 16.5. The molecule has 0 aliphatic heterocycles. The SMILES string of the molecule is CN(C)CCOCCn1c(N)nc2cccnc21. The lowest BCUT2D eigenvalue weighted by molar-refractivity contribution is 0.112. The van der Waals surface area contributed by atoms with Crippen LogP contribution in [0.25, 0.3) is 11.2 Å². The largest absolute Gasteiger partial charge is 0.378 e. The van der Waals surface area contributed by atoms with Gasteiger partial charge in [-0.15, -0.1) is 0 Å². The predicted molar refractivity (Wildman–Crippen MR) is 71.3 cm³/mol. The van der Waals surface area contributed by atoms with Crippen molar-refractivity contribution in [2.75, 3.05) is 39.6 Å². The van der Waals surface area contributed by atoms with E-state index in [0.29, 0.717) is 25.7 Å². The van der Waals surface area contributed by atoms with E-state index in [9.17, 15) is 0 Å². The van der Waals surface area contributed by atoms with Crippen LogP contribution < -0.4 is 5.73 Å². The van der Waals surface area contributed by atoms with Crippen molar-refractivity contribution in [1.29, 1.82) is 0 Å². The van der Waals surface area contributed by atoms with Crippen molar-refractivity contribution in [3.63, 3.8) is 0 Å². The summed E-state index contributed by atoms with van der Waals surface area (Å²) in [5.74, 6) is 0.486. The van der Waals surface area contributed by atoms with Crippen molar-refractivity contribution in [2.45, 2.75) is 6.54 Å². The monoisotopic (exact) mass is 249 g/mol. The number of pyridine rings is 1. The fraction of sp³-hybridized carbons (Fsp3) is 0.500. The van der Waals surface area contributed by atoms with Crippen LogP contribution in [0.5, 0.6) is 0 Å². The molecule has 0 unspecified atom stereocenters. The van der Waals surface area contributed by atoms with Crippen LogP contribution in [0, 0.1) is 0 Å². The first kappa shape index (κ1) is 12.8. The number of fused-ring (bicyclic) bond motifs is 1. The third-order valence-corrected chi connectivity index (χ3v) is 2.68. The zero-order chi connectivity index (χ0) is 13.0. The minimum absolute atomic E-state index is 0.486. The zero-order valence-corrected chi connectivity index (χ0v) is 10.8. The molecular formula is C12H19N5O. The Hall–Kier alpha value is -1.66. The Morgan fingerprint density at radius 2 is 2.22 bits per heavy atom. The number of hydrogen-bond acceptors (Lipinski definition) is 5. The highest BCUT2D eigenvalue weighted by Gasteiger charge is 2.07. The van der Waals surface area contributed by atoms with E-state index in [2.05, 4.69) is 14.9 Å². The Balaban J connectivity index is 1.93. The number of nitrogens with two attached hydrogens (primary N) is 1. The second kappa shape index (κ2) is 5.79. The van der Waals surface area contributed by atoms with Gasteiger partial charge < -0.3 is 15.4 Å². The van der Waals surface area contributed by atoms with Crippen molar-refractivity contribution in [3.8, 4) is 0 Å². The van der Waals surface area contributed by atoms with Crippen molar-refractivity contribution < 1.29 is 4.74 Å². The molecule has 98 valence electrons. The van der Waals surface area contributed by atoms with E-state index in [-0.39, 0.29) is 0 Å². The average molecular weight is 249 g/mol. The van der Waals surface area contributed by atoms with Gasteiger partial charge >= 0.3 is 0 Å². The number of rotatable bonds is 6. The minimum atomic E-state index is 0.486. The number of nitrogens with zero attached hydrogens (tertiary/aromatic N) is 4. The van der Waals surface area contributed by atoms with Gasteiger partial charge in [0.2, 0.25) is 5.95 Å². The van der Waals surface area contributed by atoms with Gasteiger partial charge in [0, 0.05) is 12.7 Å². The maximum absolute atomic E-state index is 5.86. The van der Waals surface area contributed by atoms with Gasteiger partial charge in [0.15, 0.2) is 5.65 Å². The summed E-state index contributed by atoms with van der Waals surface area (Å²) >= 11 is 0. The molecule has 6 nitrogen and oxygen atoms in total. The van der Waals surface area contributed by atoms with Gasteiger partial charge in [0.05, 0.1) is 19.8 Å². The normalized spacial score (nSPS) is 11.5. The summed E-state index contributed by atoms with van der Waals surface area (Å²) in [7, 11) is 4.04. The van der Waals surface area contributed by atoms with Gasteiger partial charge in [0.1, 0.15) is 5.52 Å². The molecule has 0 bridgehead atoms. The highest BCUT2D eigenvalue weighted by Crippen LogP contribution is 2.14. The van der Waals surface area contributed by atoms with Crippen LogP contribution in [0.3, 0.4) is 0 Å². The number of aromatic nitrogens is 3. The lowest BCUT2D eigenvalue weighted by Gasteiger charge is -2.10. The van der Waals surface area contributed by atoms with Crippen LogP contribution >= 0.6 is 0 Å². The Morgan fingerprint density at radius 3 is 3.00 bits per heavy atom. The minimum Gasteiger partial charge on any atom is -0.378 e. The van der Waals surface area contributed by atoms with Gasteiger partial charge in [-0.1, -0.05) is 0 Å². The summed E-state index contributed by atoms with van der Waals surface area (Å²) in [6, 6.07) is 3.76. The van der Waals surface area contributed by atoms with Crippen molar-refractivity contribution in [3.05, 3.63) is 18.3 Å². The Kier molecular flexibility index (Phi) is 4.11. The van der Waals surface area contributed by atoms with Crippen LogP contribution in [0.1, 0.15) is 0 Å². The predicted octanol–water partition coefficient (Wildman–Crippen LogP) is 0.592. The molecule has 0 spiro atoms. The van der Waals surface area contributed by atoms with Gasteiger partial charge in [-0.2, -0.15) is 0 Å². The fourth-order valence-electron chi connectivity index (χ4n) is 1.70. The molecule has 2 rings (SSSR count). The van der Waals surface area contributed by atoms with E-state index >= 15 is 0 Å². The standard InChI is InChI=1S/C12H19N5O/c1-16(2)6-8-18-9-7-17-11-10(15-12(17)13)4-3-5-14-11/h3-5H,6-9H2,1-2H3,(H2,13,15). The Bertz CT molecular complexity index is 508. The summed E-state index contributed by atoms with van der Waals surface area (Å²) in [5, 5.41) is 0. The fourth-order valence-corrected chi connectivity index (χ4v) is 1.70. The van der Waals surface area contributed by atoms with Crippen LogP contribution in [0.15, 0.2) is 18.3 Å². The van der Waals surface area contributed by atoms with Gasteiger partial charge in [0.25, 0.3) is 0 Å². The van der Waals surface area contributed by atoms with Crippen molar-refractivity contribution in [1.82, 2.24) is 19.4 Å². The topological polar surface area (TPSA) is 69.2 Å². The maximum Gasteiger partial charge on any atom is 0.202 e. The number of anilines is 1. The van der Waals surface area contributed by atoms with Crippen LogP contribution in [-0.4, -0.2) is 53.3 Å². The van der Waals surface area contributed by atoms with Gasteiger partial charge in [-0.25, -0.2) is 9.97 Å². The first-order chi connectivity index (χ1) is 8.68. The summed E-state index contributed by atoms with van der Waals surface area (Å²) in [6.07, 6.45) is 1.74. The molecule has 0 atom stereocenters. The lowest BCUT2D eigenvalue weighted by atomic mass is 10.4. The van der Waals surface area contributed by atoms with E-state index in [1.54, 1.807) is 6.20 Å². The average Bonchev–Trinajstić information content (AvgIpc) is 2.65. The van der Waals surface area contributed by atoms with Gasteiger partial charge in [-0.3, -0.25) is 4.57 Å². The quantitative estimate of drug-likeness (QED) is 0.759. The number of hydrogen-bond donors (Lipinski definition) is 1. The number of nitrogen functional groups attached to an aromatic ring is 1. The van der Waals surface area contributed by atoms with E-state index < -0.39 is 0 Å². The second-order valence-electron chi connectivity index (χ2n) is 4.38. The summed E-state index contributed by atoms with van der Waals surface area (Å²) in [4.78, 5) is 10.6. The molecule has 0 saturated heterocycles. The molecule has 0 amide bonds. The number of likely N-dealkylation sites (N-methyl/N-ethyl adjacent to an activating group) is 1. The number of imidazole rings is 1. The Labute approximate surface area is 106 Å². The first-order valence-electron chi connectivity index (χ1n) is 5.97. The molecule has 0 aliphatic rings. The summed E-state index contributed by atoms with van der Waals surface area (Å²) in [5.41, 5.74) is 7.50. The molecule has 6 heteroatoms. The number of ether oxygens (including phenoxy) is 1. The van der Waals surface area contributed by atoms with Crippen LogP contribution in [-0.2, 0) is 11.3 Å². The molecule has 0 aromatic carbocycles. The molecule has 0 saturated carbocycles. The molecule has 2 aromatic rings. The van der Waals surface area contributed by atoms with E-state index in [1.807, 2.05) is 30.8 Å². The summed E-state index contributed by atoms with van der Waals surface area (Å²) in [6.45, 7) is 2.91. The first-order valence-corrected chi connectivity index (χ1v) is 5.97. The molecule has 0 aliphatic carbocycles. The van der Waals surface area contributed by atoms with E-state index in [4.69, 9.17) is 10.5 Å². The van der Waals surface area contributed by atoms with Gasteiger partial charge in [-0.05, 0) is 26.2 Å². The van der Waals surface area contributed by atoms with Crippen molar-refractivity contribution >= 4 is 17.1 Å². The third kappa shape index (κ3) is 2.96. The lowest BCUT2D eigenvalue weighted by Crippen LogP contribution is -2.19. The molecule has 18 heavy (non-hydrogen) atoms. The third-order valence-electron chi connectivity index (χ3n) is 2.68. The molecule has 2 aromatic heterocycles. The van der Waals surface area contributed by atoms with E-state index in [1.165, 1.54) is 0 Å². The smallest absolute Gasteiger partial charge is 0.202 e. The van der Waals surface area contributed by atoms with Crippen molar-refractivity contribution in [2.24, 2.45) is 0 Å². The Morgan fingerprint density at radius 1 is 1.39 bits per heavy atom. The molecule has 2 heterocycles. The maximum atomic E-state index is 5.86.